The van der Waals surface area contributed by atoms with E-state index in [1.54, 1.807) is 18.2 Å². The van der Waals surface area contributed by atoms with Crippen molar-refractivity contribution >= 4 is 18.3 Å². The summed E-state index contributed by atoms with van der Waals surface area (Å²) < 4.78 is 19.5. The normalized spacial score (nSPS) is 16.5. The molecule has 0 bridgehead atoms. The zero-order valence-electron chi connectivity index (χ0n) is 14.2. The topological polar surface area (TPSA) is 55.6 Å². The molecule has 0 aromatic heterocycles. The monoisotopic (exact) mass is 358 g/mol. The van der Waals surface area contributed by atoms with Crippen LogP contribution in [-0.4, -0.2) is 43.2 Å². The lowest BCUT2D eigenvalue weighted by atomic mass is 9.98. The van der Waals surface area contributed by atoms with Crippen molar-refractivity contribution in [2.24, 2.45) is 11.7 Å². The summed E-state index contributed by atoms with van der Waals surface area (Å²) in [5.74, 6) is -0.338. The third kappa shape index (κ3) is 6.04. The van der Waals surface area contributed by atoms with Crippen molar-refractivity contribution in [1.29, 1.82) is 0 Å². The predicted molar refractivity (Wildman–Crippen MR) is 95.7 cm³/mol. The fourth-order valence-electron chi connectivity index (χ4n) is 2.97. The van der Waals surface area contributed by atoms with E-state index in [4.69, 9.17) is 10.5 Å². The number of likely N-dealkylation sites (tertiary alicyclic amines) is 1. The molecule has 1 atom stereocenters. The van der Waals surface area contributed by atoms with E-state index in [2.05, 4.69) is 0 Å². The fraction of sp³-hybridized carbons (Fsp3) is 0.611. The van der Waals surface area contributed by atoms with Gasteiger partial charge in [0.2, 0.25) is 5.91 Å². The van der Waals surface area contributed by atoms with E-state index in [1.165, 1.54) is 6.07 Å². The molecule has 2 N–H and O–H groups in total. The number of benzene rings is 1. The maximum absolute atomic E-state index is 13.7. The summed E-state index contributed by atoms with van der Waals surface area (Å²) in [5, 5.41) is 0. The lowest BCUT2D eigenvalue weighted by Gasteiger charge is -2.33. The van der Waals surface area contributed by atoms with Crippen LogP contribution in [0, 0.1) is 11.7 Å². The summed E-state index contributed by atoms with van der Waals surface area (Å²) in [7, 11) is 0. The molecule has 1 aromatic rings. The molecule has 0 saturated carbocycles. The molecular formula is C18H28ClFN2O2. The summed E-state index contributed by atoms with van der Waals surface area (Å²) in [6, 6.07) is 6.66. The van der Waals surface area contributed by atoms with Gasteiger partial charge in [0.05, 0.1) is 6.10 Å². The van der Waals surface area contributed by atoms with Crippen LogP contribution < -0.4 is 5.73 Å². The molecular weight excluding hydrogens is 331 g/mol. The molecule has 136 valence electrons. The standard InChI is InChI=1S/C18H27FN2O2.ClH/c1-14(13-15-5-2-3-6-17(15)19)18(22)21-10-7-16(8-11-21)23-12-4-9-20;/h2-3,5-6,14,16H,4,7-13,20H2,1H3;1H. The third-order valence-corrected chi connectivity index (χ3v) is 4.36. The highest BCUT2D eigenvalue weighted by atomic mass is 35.5. The Morgan fingerprint density at radius 1 is 1.38 bits per heavy atom. The predicted octanol–water partition coefficient (Wildman–Crippen LogP) is 2.78. The van der Waals surface area contributed by atoms with Gasteiger partial charge >= 0.3 is 0 Å². The first-order valence-electron chi connectivity index (χ1n) is 8.45. The summed E-state index contributed by atoms with van der Waals surface area (Å²) in [6.07, 6.45) is 3.27. The Labute approximate surface area is 149 Å². The zero-order chi connectivity index (χ0) is 16.7. The lowest BCUT2D eigenvalue weighted by molar-refractivity contribution is -0.137. The largest absolute Gasteiger partial charge is 0.378 e. The Hall–Kier alpha value is -1.17. The molecule has 1 amide bonds. The minimum absolute atomic E-state index is 0. The number of nitrogens with two attached hydrogens (primary N) is 1. The Morgan fingerprint density at radius 2 is 2.04 bits per heavy atom. The summed E-state index contributed by atoms with van der Waals surface area (Å²) in [5.41, 5.74) is 6.06. The molecule has 2 rings (SSSR count). The Bertz CT molecular complexity index is 508. The molecule has 0 spiro atoms. The van der Waals surface area contributed by atoms with E-state index in [0.717, 1.165) is 19.3 Å². The summed E-state index contributed by atoms with van der Waals surface area (Å²) in [6.45, 7) is 4.64. The number of hydrogen-bond donors (Lipinski definition) is 1. The minimum Gasteiger partial charge on any atom is -0.378 e. The first kappa shape index (κ1) is 20.9. The van der Waals surface area contributed by atoms with E-state index in [-0.39, 0.29) is 36.2 Å². The van der Waals surface area contributed by atoms with Crippen molar-refractivity contribution in [2.45, 2.75) is 38.7 Å². The van der Waals surface area contributed by atoms with Crippen LogP contribution in [0.5, 0.6) is 0 Å². The number of nitrogens with zero attached hydrogens (tertiary/aromatic N) is 1. The highest BCUT2D eigenvalue weighted by Crippen LogP contribution is 2.19. The second-order valence-corrected chi connectivity index (χ2v) is 6.23. The number of piperidine rings is 1. The average Bonchev–Trinajstić information content (AvgIpc) is 2.57. The smallest absolute Gasteiger partial charge is 0.225 e. The van der Waals surface area contributed by atoms with Crippen molar-refractivity contribution in [3.63, 3.8) is 0 Å². The van der Waals surface area contributed by atoms with Gasteiger partial charge in [-0.1, -0.05) is 25.1 Å². The van der Waals surface area contributed by atoms with Crippen LogP contribution in [0.3, 0.4) is 0 Å². The van der Waals surface area contributed by atoms with Crippen LogP contribution in [0.1, 0.15) is 31.7 Å². The molecule has 4 nitrogen and oxygen atoms in total. The van der Waals surface area contributed by atoms with E-state index >= 15 is 0 Å². The molecule has 0 aliphatic carbocycles. The van der Waals surface area contributed by atoms with Gasteiger partial charge in [0.15, 0.2) is 0 Å². The van der Waals surface area contributed by atoms with Gasteiger partial charge in [-0.25, -0.2) is 4.39 Å². The molecule has 1 aliphatic heterocycles. The number of halogens is 2. The first-order chi connectivity index (χ1) is 11.1. The van der Waals surface area contributed by atoms with E-state index < -0.39 is 0 Å². The number of hydrogen-bond acceptors (Lipinski definition) is 3. The second kappa shape index (κ2) is 10.6. The lowest BCUT2D eigenvalue weighted by Crippen LogP contribution is -2.43. The SMILES string of the molecule is CC(Cc1ccccc1F)C(=O)N1CCC(OCCCN)CC1.Cl. The number of amides is 1. The quantitative estimate of drug-likeness (QED) is 0.762. The molecule has 1 aromatic carbocycles. The van der Waals surface area contributed by atoms with Crippen molar-refractivity contribution in [2.75, 3.05) is 26.2 Å². The highest BCUT2D eigenvalue weighted by molar-refractivity contribution is 5.85. The van der Waals surface area contributed by atoms with Crippen LogP contribution in [0.4, 0.5) is 4.39 Å². The van der Waals surface area contributed by atoms with Gasteiger partial charge in [-0.3, -0.25) is 4.79 Å². The van der Waals surface area contributed by atoms with Gasteiger partial charge in [-0.15, -0.1) is 12.4 Å². The van der Waals surface area contributed by atoms with Gasteiger partial charge in [-0.2, -0.15) is 0 Å². The third-order valence-electron chi connectivity index (χ3n) is 4.36. The number of carbonyl (C=O) groups is 1. The Kier molecular flexibility index (Phi) is 9.26. The van der Waals surface area contributed by atoms with Crippen LogP contribution in [0.25, 0.3) is 0 Å². The number of ether oxygens (including phenoxy) is 1. The van der Waals surface area contributed by atoms with Gasteiger partial charge in [0.25, 0.3) is 0 Å². The van der Waals surface area contributed by atoms with Gasteiger partial charge in [0, 0.05) is 25.6 Å². The van der Waals surface area contributed by atoms with Crippen molar-refractivity contribution in [1.82, 2.24) is 4.90 Å². The van der Waals surface area contributed by atoms with E-state index in [1.807, 2.05) is 11.8 Å². The van der Waals surface area contributed by atoms with Crippen molar-refractivity contribution in [3.05, 3.63) is 35.6 Å². The van der Waals surface area contributed by atoms with Crippen molar-refractivity contribution < 1.29 is 13.9 Å². The van der Waals surface area contributed by atoms with Gasteiger partial charge in [-0.05, 0) is 43.9 Å². The molecule has 0 radical (unpaired) electrons. The minimum atomic E-state index is -0.237. The molecule has 24 heavy (non-hydrogen) atoms. The maximum atomic E-state index is 13.7. The van der Waals surface area contributed by atoms with Crippen LogP contribution in [-0.2, 0) is 16.0 Å². The summed E-state index contributed by atoms with van der Waals surface area (Å²) in [4.78, 5) is 14.4. The van der Waals surface area contributed by atoms with Crippen molar-refractivity contribution in [3.8, 4) is 0 Å². The summed E-state index contributed by atoms with van der Waals surface area (Å²) >= 11 is 0. The van der Waals surface area contributed by atoms with Gasteiger partial charge < -0.3 is 15.4 Å². The zero-order valence-corrected chi connectivity index (χ0v) is 15.1. The highest BCUT2D eigenvalue weighted by Gasteiger charge is 2.26. The van der Waals surface area contributed by atoms with E-state index in [0.29, 0.717) is 38.2 Å². The van der Waals surface area contributed by atoms with Crippen LogP contribution in [0.15, 0.2) is 24.3 Å². The second-order valence-electron chi connectivity index (χ2n) is 6.23. The molecule has 1 saturated heterocycles. The number of rotatable bonds is 7. The Balaban J connectivity index is 0.00000288. The van der Waals surface area contributed by atoms with Crippen LogP contribution in [0.2, 0.25) is 0 Å². The fourth-order valence-corrected chi connectivity index (χ4v) is 2.97. The molecule has 1 heterocycles. The van der Waals surface area contributed by atoms with Gasteiger partial charge in [0.1, 0.15) is 5.82 Å². The van der Waals surface area contributed by atoms with E-state index in [9.17, 15) is 9.18 Å². The van der Waals surface area contributed by atoms with Crippen LogP contribution >= 0.6 is 12.4 Å². The average molecular weight is 359 g/mol. The number of carbonyl (C=O) groups excluding carboxylic acids is 1. The first-order valence-corrected chi connectivity index (χ1v) is 8.45. The molecule has 1 unspecified atom stereocenters. The molecule has 1 aliphatic rings. The molecule has 1 fully saturated rings. The Morgan fingerprint density at radius 3 is 2.67 bits per heavy atom. The molecule has 6 heteroatoms. The maximum Gasteiger partial charge on any atom is 0.225 e.